The number of hydrogen-bond donors (Lipinski definition) is 0. The smallest absolute Gasteiger partial charge is 0.194 e. The van der Waals surface area contributed by atoms with Crippen molar-refractivity contribution in [1.82, 2.24) is 0 Å². The van der Waals surface area contributed by atoms with Crippen LogP contribution >= 0.6 is 0 Å². The molecule has 2 heterocycles. The summed E-state index contributed by atoms with van der Waals surface area (Å²) < 4.78 is 2.44. The molecule has 2 atom stereocenters. The molecule has 0 amide bonds. The minimum Gasteiger partial charge on any atom is -0.194 e. The predicted octanol–water partition coefficient (Wildman–Crippen LogP) is 3.24. The van der Waals surface area contributed by atoms with E-state index in [2.05, 4.69) is 65.4 Å². The third-order valence-corrected chi connectivity index (χ3v) is 3.98. The van der Waals surface area contributed by atoms with Gasteiger partial charge in [-0.05, 0) is 17.7 Å². The van der Waals surface area contributed by atoms with E-state index in [0.29, 0.717) is 12.0 Å². The molecule has 2 unspecified atom stereocenters. The summed E-state index contributed by atoms with van der Waals surface area (Å²) in [5.74, 6) is 0.561. The molecule has 0 saturated carbocycles. The second-order valence-corrected chi connectivity index (χ2v) is 4.84. The molecule has 4 rings (SSSR count). The highest BCUT2D eigenvalue weighted by molar-refractivity contribution is 5.64. The van der Waals surface area contributed by atoms with Gasteiger partial charge in [0.1, 0.15) is 0 Å². The summed E-state index contributed by atoms with van der Waals surface area (Å²) >= 11 is 0. The Morgan fingerprint density at radius 1 is 1.00 bits per heavy atom. The van der Waals surface area contributed by atoms with E-state index in [9.17, 15) is 0 Å². The normalized spacial score (nSPS) is 24.0. The van der Waals surface area contributed by atoms with Gasteiger partial charge in [0.2, 0.25) is 5.69 Å². The zero-order valence-corrected chi connectivity index (χ0v) is 9.58. The number of rotatable bonds is 0. The van der Waals surface area contributed by atoms with E-state index >= 15 is 0 Å². The molecule has 0 fully saturated rings. The molecule has 0 radical (unpaired) electrons. The van der Waals surface area contributed by atoms with Gasteiger partial charge in [-0.1, -0.05) is 30.4 Å². The van der Waals surface area contributed by atoms with Crippen molar-refractivity contribution in [1.29, 1.82) is 0 Å². The topological polar surface area (TPSA) is 3.88 Å². The van der Waals surface area contributed by atoms with Crippen molar-refractivity contribution in [3.05, 3.63) is 66.4 Å². The number of hydrogen-bond acceptors (Lipinski definition) is 0. The number of fused-ring (bicyclic) bond motifs is 6. The first-order valence-corrected chi connectivity index (χ1v) is 6.21. The maximum absolute atomic E-state index is 2.44. The van der Waals surface area contributed by atoms with Gasteiger partial charge >= 0.3 is 0 Å². The molecule has 17 heavy (non-hydrogen) atoms. The third-order valence-electron chi connectivity index (χ3n) is 3.98. The molecular weight excluding hydrogens is 206 g/mol. The Labute approximate surface area is 101 Å². The van der Waals surface area contributed by atoms with Crippen molar-refractivity contribution in [3.8, 4) is 11.3 Å². The Kier molecular flexibility index (Phi) is 1.78. The summed E-state index contributed by atoms with van der Waals surface area (Å²) in [6.07, 6.45) is 8.06. The van der Waals surface area contributed by atoms with E-state index < -0.39 is 0 Å². The van der Waals surface area contributed by atoms with Gasteiger partial charge < -0.3 is 0 Å². The fourth-order valence-corrected chi connectivity index (χ4v) is 3.23. The fourth-order valence-electron chi connectivity index (χ4n) is 3.23. The summed E-state index contributed by atoms with van der Waals surface area (Å²) in [5.41, 5.74) is 4.23. The lowest BCUT2D eigenvalue weighted by molar-refractivity contribution is -0.714. The van der Waals surface area contributed by atoms with E-state index in [4.69, 9.17) is 0 Å². The zero-order valence-electron chi connectivity index (χ0n) is 9.58. The molecule has 1 aliphatic heterocycles. The summed E-state index contributed by atoms with van der Waals surface area (Å²) in [4.78, 5) is 0. The highest BCUT2D eigenvalue weighted by atomic mass is 15.0. The second kappa shape index (κ2) is 3.30. The molecule has 1 aromatic heterocycles. The largest absolute Gasteiger partial charge is 0.213 e. The summed E-state index contributed by atoms with van der Waals surface area (Å²) in [7, 11) is 0. The van der Waals surface area contributed by atoms with Crippen LogP contribution in [0.5, 0.6) is 0 Å². The summed E-state index contributed by atoms with van der Waals surface area (Å²) in [5, 5.41) is 0. The standard InChI is InChI=1S/C16H14N/c1-2-7-13-12(6-1)14-8-5-10-16(14)17-11-4-3-9-15(13)17/h1-9,11,14,16H,10H2/q+1. The predicted molar refractivity (Wildman–Crippen MR) is 67.6 cm³/mol. The zero-order chi connectivity index (χ0) is 11.2. The van der Waals surface area contributed by atoms with Crippen LogP contribution in [0.25, 0.3) is 11.3 Å². The average Bonchev–Trinajstić information content (AvgIpc) is 2.89. The van der Waals surface area contributed by atoms with Crippen LogP contribution in [0.4, 0.5) is 0 Å². The van der Waals surface area contributed by atoms with Crippen molar-refractivity contribution < 1.29 is 4.57 Å². The highest BCUT2D eigenvalue weighted by Gasteiger charge is 2.39. The van der Waals surface area contributed by atoms with Gasteiger partial charge in [0.25, 0.3) is 0 Å². The summed E-state index contributed by atoms with van der Waals surface area (Å²) in [6.45, 7) is 0. The molecule has 0 N–H and O–H groups in total. The fraction of sp³-hybridized carbons (Fsp3) is 0.188. The van der Waals surface area contributed by atoms with Gasteiger partial charge in [0.05, 0.1) is 11.5 Å². The van der Waals surface area contributed by atoms with Gasteiger partial charge in [-0.2, -0.15) is 4.57 Å². The number of allylic oxidation sites excluding steroid dienone is 2. The second-order valence-electron chi connectivity index (χ2n) is 4.84. The van der Waals surface area contributed by atoms with Crippen LogP contribution in [0.3, 0.4) is 0 Å². The quantitative estimate of drug-likeness (QED) is 0.474. The Morgan fingerprint density at radius 3 is 2.88 bits per heavy atom. The summed E-state index contributed by atoms with van der Waals surface area (Å²) in [6, 6.07) is 15.9. The third kappa shape index (κ3) is 1.17. The Hall–Kier alpha value is -1.89. The van der Waals surface area contributed by atoms with Gasteiger partial charge in [-0.15, -0.1) is 0 Å². The van der Waals surface area contributed by atoms with Crippen molar-refractivity contribution in [2.45, 2.75) is 18.4 Å². The maximum atomic E-state index is 2.44. The van der Waals surface area contributed by atoms with Gasteiger partial charge in [0.15, 0.2) is 12.2 Å². The monoisotopic (exact) mass is 220 g/mol. The lowest BCUT2D eigenvalue weighted by Gasteiger charge is -2.24. The molecule has 82 valence electrons. The number of pyridine rings is 1. The first-order chi connectivity index (χ1) is 8.45. The van der Waals surface area contributed by atoms with Crippen LogP contribution in [0.2, 0.25) is 0 Å². The van der Waals surface area contributed by atoms with Crippen molar-refractivity contribution >= 4 is 0 Å². The van der Waals surface area contributed by atoms with Crippen LogP contribution < -0.4 is 4.57 Å². The molecule has 2 aliphatic rings. The molecule has 0 spiro atoms. The Balaban J connectivity index is 2.06. The molecule has 1 aliphatic carbocycles. The van der Waals surface area contributed by atoms with Crippen LogP contribution in [0.1, 0.15) is 23.9 Å². The van der Waals surface area contributed by atoms with Crippen LogP contribution in [0.15, 0.2) is 60.8 Å². The minimum absolute atomic E-state index is 0.561. The first-order valence-electron chi connectivity index (χ1n) is 6.21. The molecule has 0 saturated heterocycles. The molecule has 0 bridgehead atoms. The maximum Gasteiger partial charge on any atom is 0.213 e. The average molecular weight is 220 g/mol. The first kappa shape index (κ1) is 9.17. The van der Waals surface area contributed by atoms with Crippen LogP contribution in [-0.2, 0) is 0 Å². The lowest BCUT2D eigenvalue weighted by Crippen LogP contribution is -2.45. The number of aromatic nitrogens is 1. The van der Waals surface area contributed by atoms with E-state index in [1.165, 1.54) is 16.8 Å². The van der Waals surface area contributed by atoms with Gasteiger partial charge in [0, 0.05) is 18.6 Å². The van der Waals surface area contributed by atoms with E-state index in [0.717, 1.165) is 6.42 Å². The Morgan fingerprint density at radius 2 is 1.88 bits per heavy atom. The highest BCUT2D eigenvalue weighted by Crippen LogP contribution is 2.42. The molecule has 2 aromatic rings. The van der Waals surface area contributed by atoms with Gasteiger partial charge in [-0.25, -0.2) is 0 Å². The van der Waals surface area contributed by atoms with E-state index in [1.807, 2.05) is 0 Å². The van der Waals surface area contributed by atoms with E-state index in [-0.39, 0.29) is 0 Å². The minimum atomic E-state index is 0.561. The molecule has 1 aromatic carbocycles. The van der Waals surface area contributed by atoms with Crippen LogP contribution in [0, 0.1) is 0 Å². The lowest BCUT2D eigenvalue weighted by atomic mass is 9.85. The molecule has 1 heteroatoms. The Bertz CT molecular complexity index is 612. The SMILES string of the molecule is C1=CC2c3ccccc3-c3cccc[n+]3C2C1. The van der Waals surface area contributed by atoms with Crippen molar-refractivity contribution in [3.63, 3.8) is 0 Å². The van der Waals surface area contributed by atoms with Crippen LogP contribution in [-0.4, -0.2) is 0 Å². The number of nitrogens with zero attached hydrogens (tertiary/aromatic N) is 1. The molecular formula is C16H14N+. The van der Waals surface area contributed by atoms with E-state index in [1.54, 1.807) is 0 Å². The molecule has 1 nitrogen and oxygen atoms in total. The van der Waals surface area contributed by atoms with Crippen molar-refractivity contribution in [2.24, 2.45) is 0 Å². The van der Waals surface area contributed by atoms with Gasteiger partial charge in [-0.3, -0.25) is 0 Å². The van der Waals surface area contributed by atoms with Crippen molar-refractivity contribution in [2.75, 3.05) is 0 Å². The number of benzene rings is 1.